The second kappa shape index (κ2) is 39.8. The van der Waals surface area contributed by atoms with Gasteiger partial charge in [-0.1, -0.05) is 155 Å². The number of allylic oxidation sites excluding steroid dienone is 4. The number of rotatable bonds is 37. The van der Waals surface area contributed by atoms with Crippen molar-refractivity contribution in [2.75, 3.05) is 83.4 Å². The van der Waals surface area contributed by atoms with Gasteiger partial charge in [-0.3, -0.25) is 0 Å². The topological polar surface area (TPSA) is 26.1 Å². The minimum atomic E-state index is 0.414. The minimum Gasteiger partial charge on any atom is -0.372 e. The number of pyridine rings is 1. The molecule has 0 bridgehead atoms. The lowest BCUT2D eigenvalue weighted by Gasteiger charge is -2.34. The van der Waals surface area contributed by atoms with Crippen molar-refractivity contribution in [3.63, 3.8) is 0 Å². The quantitative estimate of drug-likeness (QED) is 0.0286. The minimum absolute atomic E-state index is 0.414. The molecule has 7 aromatic rings. The number of nitrogens with zero attached hydrogens (tertiary/aromatic N) is 8. The van der Waals surface area contributed by atoms with Crippen LogP contribution in [0.2, 0.25) is 0 Å². The Morgan fingerprint density at radius 1 is 0.411 bits per heavy atom. The molecule has 8 heteroatoms. The van der Waals surface area contributed by atoms with Crippen LogP contribution in [0.5, 0.6) is 0 Å². The molecule has 0 spiro atoms. The lowest BCUT2D eigenvalue weighted by atomic mass is 10.0. The molecule has 1 aromatic heterocycles. The second-order valence-electron chi connectivity index (χ2n) is 26.0. The molecule has 0 amide bonds. The molecular formula is C87H119N8+3. The Hall–Kier alpha value is -7.97. The predicted octanol–water partition coefficient (Wildman–Crippen LogP) is 22.3. The van der Waals surface area contributed by atoms with Gasteiger partial charge in [-0.05, 0) is 155 Å². The highest BCUT2D eigenvalue weighted by molar-refractivity contribution is 6.18. The summed E-state index contributed by atoms with van der Waals surface area (Å²) >= 11 is 0. The maximum atomic E-state index is 2.58. The number of hydrogen-bond donors (Lipinski definition) is 0. The first-order chi connectivity index (χ1) is 46.7. The van der Waals surface area contributed by atoms with E-state index in [1.807, 2.05) is 0 Å². The van der Waals surface area contributed by atoms with Crippen LogP contribution in [0.15, 0.2) is 194 Å². The number of unbranched alkanes of at least 4 members (excludes halogenated alkanes) is 8. The zero-order valence-electron chi connectivity index (χ0n) is 60.4. The van der Waals surface area contributed by atoms with Crippen molar-refractivity contribution in [3.8, 4) is 0 Å². The van der Waals surface area contributed by atoms with Crippen LogP contribution >= 0.6 is 0 Å². The van der Waals surface area contributed by atoms with Gasteiger partial charge in [-0.25, -0.2) is 4.58 Å². The molecule has 2 aliphatic rings. The molecule has 1 aliphatic heterocycles. The third kappa shape index (κ3) is 20.5. The predicted molar refractivity (Wildman–Crippen MR) is 419 cm³/mol. The third-order valence-corrected chi connectivity index (χ3v) is 19.0. The largest absolute Gasteiger partial charge is 0.372 e. The molecule has 504 valence electrons. The molecule has 0 saturated carbocycles. The number of likely N-dealkylation sites (N-methyl/N-ethyl adjacent to an activating group) is 1. The molecule has 0 N–H and O–H groups in total. The average Bonchev–Trinajstić information content (AvgIpc) is 0.973. The summed E-state index contributed by atoms with van der Waals surface area (Å²) < 4.78 is 7.41. The Bertz CT molecular complexity index is 3450. The standard InChI is InChI=1S/C62H92N6.C25H27N2/c1-9-17-45-63(46-18-10-2)53-25-33-57(34-26-53)67(58-35-27-54(28-36-58)64(47-19-11-3)48-20-12-4)61-41-43-62(44-42-61)68(59-37-29-55(30-38-59)65(49-21-13-5)50-22-14-6)60-39-31-56(32-40-60)66(51-23-15-7)52-24-16-8;1-3-26-22(18-16-20-10-5-7-14-24(20)26)12-9-13-23-19-17-21-11-6-8-15-25(21)27(23)4-2/h25-44H,9-24,45-52H2,1-8H3;5-12,14-19,23H,3-4,13H2,1-2H3/q+2;+1. The Morgan fingerprint density at radius 3 is 1.27 bits per heavy atom. The van der Waals surface area contributed by atoms with Crippen molar-refractivity contribution in [2.24, 2.45) is 0 Å². The number of benzene rings is 6. The van der Waals surface area contributed by atoms with Gasteiger partial charge in [0.2, 0.25) is 28.3 Å². The number of hydrogen-bond acceptors (Lipinski definition) is 5. The van der Waals surface area contributed by atoms with E-state index in [-0.39, 0.29) is 0 Å². The maximum Gasteiger partial charge on any atom is 0.212 e. The van der Waals surface area contributed by atoms with Crippen LogP contribution < -0.4 is 33.6 Å². The summed E-state index contributed by atoms with van der Waals surface area (Å²) in [6.45, 7) is 33.6. The van der Waals surface area contributed by atoms with Crippen molar-refractivity contribution in [1.82, 2.24) is 4.58 Å². The summed E-state index contributed by atoms with van der Waals surface area (Å²) in [6.07, 6.45) is 38.9. The van der Waals surface area contributed by atoms with E-state index in [1.54, 1.807) is 0 Å². The Labute approximate surface area is 576 Å². The first kappa shape index (κ1) is 72.9. The Balaban J connectivity index is 0.000000352. The molecule has 0 saturated heterocycles. The fourth-order valence-corrected chi connectivity index (χ4v) is 13.3. The number of fused-ring (bicyclic) bond motifs is 2. The second-order valence-corrected chi connectivity index (χ2v) is 26.0. The SMILES string of the molecule is CCCCN(CCCC)c1ccc(N(c2ccc(N(CCCC)CCCC)cc2)c2ccc([N+](=C3C=CC(=[N+](CCCC)CCCC)C=C3)c3ccc(N(CCCC)CCCC)cc3)cc2)cc1.CCN1c2ccccc2C=CC1CC=Cc1ccc2ccccc2[n+]1CC. The van der Waals surface area contributed by atoms with Crippen LogP contribution in [-0.4, -0.2) is 80.9 Å². The van der Waals surface area contributed by atoms with Gasteiger partial charge in [0.15, 0.2) is 5.71 Å². The highest BCUT2D eigenvalue weighted by atomic mass is 15.2. The van der Waals surface area contributed by atoms with Gasteiger partial charge in [0.1, 0.15) is 19.6 Å². The molecule has 0 radical (unpaired) electrons. The van der Waals surface area contributed by atoms with Crippen molar-refractivity contribution >= 4 is 85.7 Å². The van der Waals surface area contributed by atoms with Crippen molar-refractivity contribution < 1.29 is 9.14 Å². The number of anilines is 7. The summed E-state index contributed by atoms with van der Waals surface area (Å²) in [5.74, 6) is 0. The van der Waals surface area contributed by atoms with Crippen LogP contribution in [0, 0.1) is 0 Å². The molecule has 6 aromatic carbocycles. The highest BCUT2D eigenvalue weighted by Gasteiger charge is 2.25. The fourth-order valence-electron chi connectivity index (χ4n) is 13.3. The van der Waals surface area contributed by atoms with Crippen molar-refractivity contribution in [2.45, 2.75) is 191 Å². The van der Waals surface area contributed by atoms with E-state index >= 15 is 0 Å². The third-order valence-electron chi connectivity index (χ3n) is 19.0. The fraction of sp³-hybridized carbons (Fsp3) is 0.437. The number of aryl methyl sites for hydroxylation is 1. The van der Waals surface area contributed by atoms with Gasteiger partial charge in [-0.15, -0.1) is 0 Å². The van der Waals surface area contributed by atoms with Crippen LogP contribution in [0.1, 0.15) is 190 Å². The molecule has 95 heavy (non-hydrogen) atoms. The lowest BCUT2D eigenvalue weighted by molar-refractivity contribution is -0.669. The van der Waals surface area contributed by atoms with E-state index in [0.29, 0.717) is 6.04 Å². The normalized spacial score (nSPS) is 13.3. The molecule has 1 aliphatic carbocycles. The summed E-state index contributed by atoms with van der Waals surface area (Å²) in [5, 5.41) is 1.29. The number of aromatic nitrogens is 1. The summed E-state index contributed by atoms with van der Waals surface area (Å²) in [4.78, 5) is 12.7. The van der Waals surface area contributed by atoms with Crippen LogP contribution in [0.25, 0.3) is 23.1 Å². The van der Waals surface area contributed by atoms with Gasteiger partial charge < -0.3 is 24.5 Å². The number of para-hydroxylation sites is 2. The average molecular weight is 1280 g/mol. The zero-order chi connectivity index (χ0) is 67.0. The van der Waals surface area contributed by atoms with E-state index in [2.05, 4.69) is 314 Å². The van der Waals surface area contributed by atoms with Gasteiger partial charge in [0.25, 0.3) is 0 Å². The molecule has 9 rings (SSSR count). The summed E-state index contributed by atoms with van der Waals surface area (Å²) in [6, 6.07) is 59.5. The van der Waals surface area contributed by atoms with Gasteiger partial charge >= 0.3 is 0 Å². The summed E-state index contributed by atoms with van der Waals surface area (Å²) in [5.41, 5.74) is 17.4. The zero-order valence-corrected chi connectivity index (χ0v) is 60.4. The first-order valence-electron chi connectivity index (χ1n) is 37.5. The molecular weight excluding hydrogens is 1160 g/mol. The van der Waals surface area contributed by atoms with E-state index in [0.717, 1.165) is 83.2 Å². The van der Waals surface area contributed by atoms with Gasteiger partial charge in [0.05, 0.1) is 6.04 Å². The monoisotopic (exact) mass is 1280 g/mol. The Kier molecular flexibility index (Phi) is 30.5. The van der Waals surface area contributed by atoms with Crippen LogP contribution in [0.3, 0.4) is 0 Å². The Morgan fingerprint density at radius 2 is 0.821 bits per heavy atom. The van der Waals surface area contributed by atoms with E-state index in [9.17, 15) is 0 Å². The van der Waals surface area contributed by atoms with E-state index < -0.39 is 0 Å². The van der Waals surface area contributed by atoms with Crippen LogP contribution in [0.4, 0.5) is 51.2 Å². The molecule has 1 unspecified atom stereocenters. The van der Waals surface area contributed by atoms with E-state index in [4.69, 9.17) is 0 Å². The summed E-state index contributed by atoms with van der Waals surface area (Å²) in [7, 11) is 0. The van der Waals surface area contributed by atoms with Gasteiger partial charge in [-0.2, -0.15) is 9.14 Å². The molecule has 0 fully saturated rings. The van der Waals surface area contributed by atoms with Gasteiger partial charge in [0, 0.05) is 171 Å². The molecule has 8 nitrogen and oxygen atoms in total. The molecule has 1 atom stereocenters. The first-order valence-corrected chi connectivity index (χ1v) is 37.5. The van der Waals surface area contributed by atoms with E-state index in [1.165, 1.54) is 176 Å². The lowest BCUT2D eigenvalue weighted by Crippen LogP contribution is -2.37. The van der Waals surface area contributed by atoms with Crippen LogP contribution in [-0.2, 0) is 6.54 Å². The van der Waals surface area contributed by atoms with Crippen molar-refractivity contribution in [1.29, 1.82) is 0 Å². The smallest absolute Gasteiger partial charge is 0.212 e. The molecule has 2 heterocycles. The van der Waals surface area contributed by atoms with Crippen molar-refractivity contribution in [3.05, 3.63) is 205 Å². The maximum absolute atomic E-state index is 2.58. The highest BCUT2D eigenvalue weighted by Crippen LogP contribution is 2.39.